The van der Waals surface area contributed by atoms with Gasteiger partial charge in [0.2, 0.25) is 5.91 Å². The van der Waals surface area contributed by atoms with E-state index in [1.165, 1.54) is 128 Å². The van der Waals surface area contributed by atoms with Gasteiger partial charge in [-0.1, -0.05) is 180 Å². The Labute approximate surface area is 374 Å². The molecule has 0 aromatic carbocycles. The molecule has 1 unspecified atom stereocenters. The lowest BCUT2D eigenvalue weighted by Gasteiger charge is -2.46. The minimum Gasteiger partial charge on any atom is -0.394 e. The van der Waals surface area contributed by atoms with Gasteiger partial charge in [0, 0.05) is 6.42 Å². The Hall–Kier alpha value is -1.27. The summed E-state index contributed by atoms with van der Waals surface area (Å²) in [4.78, 5) is 13.1. The molecule has 1 amide bonds. The van der Waals surface area contributed by atoms with E-state index >= 15 is 0 Å². The van der Waals surface area contributed by atoms with Crippen LogP contribution >= 0.6 is 0 Å². The van der Waals surface area contributed by atoms with Gasteiger partial charge in [-0.2, -0.15) is 0 Å². The number of allylic oxidation sites excluding steroid dienone is 1. The Morgan fingerprint density at radius 2 is 1.00 bits per heavy atom. The standard InChI is InChI=1S/C48H91NO13/c1-3-5-7-9-11-13-15-17-18-20-22-24-26-28-30-32-40(53)49-36(37(52)31-29-27-25-23-21-19-16-14-12-10-8-6-4-2)35-59-47-45(58)43(56)46(39(34-51)61-47)62-48-44(57)42(55)41(54)38(33-50)60-48/h29,31,36-39,41-48,50-52,54-58H,3-28,30,32-35H2,1-2H3,(H,49,53)/b31-29+/t36-,37+,38+,39+,41-,42-,43+,44+,45+,46+,47?,48-/m0/s1. The third-order valence-corrected chi connectivity index (χ3v) is 12.5. The third-order valence-electron chi connectivity index (χ3n) is 12.5. The average molecular weight is 890 g/mol. The highest BCUT2D eigenvalue weighted by molar-refractivity contribution is 5.76. The van der Waals surface area contributed by atoms with Crippen LogP contribution in [0.25, 0.3) is 0 Å². The molecule has 2 saturated heterocycles. The van der Waals surface area contributed by atoms with E-state index in [-0.39, 0.29) is 18.9 Å². The van der Waals surface area contributed by atoms with Crippen LogP contribution in [0.15, 0.2) is 12.2 Å². The van der Waals surface area contributed by atoms with Gasteiger partial charge in [0.05, 0.1) is 32.0 Å². The number of rotatable bonds is 38. The number of unbranched alkanes of at least 4 members (excludes halogenated alkanes) is 25. The van der Waals surface area contributed by atoms with Gasteiger partial charge < -0.3 is 65.1 Å². The molecule has 12 atom stereocenters. The smallest absolute Gasteiger partial charge is 0.220 e. The summed E-state index contributed by atoms with van der Waals surface area (Å²) < 4.78 is 22.7. The number of aliphatic hydroxyl groups is 8. The predicted molar refractivity (Wildman–Crippen MR) is 240 cm³/mol. The third kappa shape index (κ3) is 23.3. The molecule has 0 radical (unpaired) electrons. The summed E-state index contributed by atoms with van der Waals surface area (Å²) in [5.74, 6) is -0.238. The Balaban J connectivity index is 1.86. The molecule has 2 aliphatic rings. The number of carbonyl (C=O) groups is 1. The van der Waals surface area contributed by atoms with Crippen molar-refractivity contribution in [3.8, 4) is 0 Å². The number of hydrogen-bond donors (Lipinski definition) is 9. The zero-order chi connectivity index (χ0) is 45.4. The summed E-state index contributed by atoms with van der Waals surface area (Å²) in [6, 6.07) is -0.906. The molecule has 62 heavy (non-hydrogen) atoms. The number of carbonyl (C=O) groups excluding carboxylic acids is 1. The van der Waals surface area contributed by atoms with Crippen molar-refractivity contribution < 1.29 is 64.6 Å². The number of nitrogens with one attached hydrogen (secondary N) is 1. The maximum Gasteiger partial charge on any atom is 0.220 e. The van der Waals surface area contributed by atoms with Gasteiger partial charge in [-0.05, 0) is 19.3 Å². The fourth-order valence-corrected chi connectivity index (χ4v) is 8.35. The number of aliphatic hydroxyl groups excluding tert-OH is 8. The van der Waals surface area contributed by atoms with Crippen molar-refractivity contribution in [1.82, 2.24) is 5.32 Å². The summed E-state index contributed by atoms with van der Waals surface area (Å²) in [5.41, 5.74) is 0. The minimum absolute atomic E-state index is 0.238. The molecule has 366 valence electrons. The van der Waals surface area contributed by atoms with Crippen molar-refractivity contribution in [2.24, 2.45) is 0 Å². The molecule has 0 spiro atoms. The summed E-state index contributed by atoms with van der Waals surface area (Å²) in [6.07, 6.45) is 19.6. The van der Waals surface area contributed by atoms with Crippen LogP contribution in [0.1, 0.15) is 194 Å². The summed E-state index contributed by atoms with van der Waals surface area (Å²) >= 11 is 0. The fraction of sp³-hybridized carbons (Fsp3) is 0.938. The second kappa shape index (κ2) is 35.9. The van der Waals surface area contributed by atoms with Gasteiger partial charge in [-0.15, -0.1) is 0 Å². The van der Waals surface area contributed by atoms with Crippen LogP contribution in [-0.2, 0) is 23.7 Å². The first-order valence-corrected chi connectivity index (χ1v) is 24.9. The highest BCUT2D eigenvalue weighted by Gasteiger charge is 2.51. The summed E-state index contributed by atoms with van der Waals surface area (Å²) in [5, 5.41) is 86.6. The zero-order valence-corrected chi connectivity index (χ0v) is 38.6. The molecule has 0 bridgehead atoms. The van der Waals surface area contributed by atoms with Crippen LogP contribution in [-0.4, -0.2) is 140 Å². The van der Waals surface area contributed by atoms with Crippen molar-refractivity contribution in [3.63, 3.8) is 0 Å². The second-order valence-corrected chi connectivity index (χ2v) is 18.0. The zero-order valence-electron chi connectivity index (χ0n) is 38.6. The van der Waals surface area contributed by atoms with Gasteiger partial charge in [-0.3, -0.25) is 4.79 Å². The molecule has 9 N–H and O–H groups in total. The maximum atomic E-state index is 13.1. The van der Waals surface area contributed by atoms with Crippen LogP contribution in [0, 0.1) is 0 Å². The molecule has 0 aromatic rings. The molecule has 0 aromatic heterocycles. The maximum absolute atomic E-state index is 13.1. The summed E-state index contributed by atoms with van der Waals surface area (Å²) in [7, 11) is 0. The lowest BCUT2D eigenvalue weighted by atomic mass is 9.97. The van der Waals surface area contributed by atoms with Gasteiger partial charge >= 0.3 is 0 Å². The molecule has 2 heterocycles. The van der Waals surface area contributed by atoms with E-state index in [1.807, 2.05) is 6.08 Å². The van der Waals surface area contributed by atoms with Gasteiger partial charge in [0.15, 0.2) is 12.6 Å². The molecular weight excluding hydrogens is 799 g/mol. The first kappa shape index (κ1) is 56.9. The molecular formula is C48H91NO13. The van der Waals surface area contributed by atoms with E-state index in [9.17, 15) is 45.6 Å². The largest absolute Gasteiger partial charge is 0.394 e. The highest BCUT2D eigenvalue weighted by Crippen LogP contribution is 2.30. The van der Waals surface area contributed by atoms with Gasteiger partial charge in [-0.25, -0.2) is 0 Å². The van der Waals surface area contributed by atoms with Crippen LogP contribution < -0.4 is 5.32 Å². The Morgan fingerprint density at radius 3 is 1.48 bits per heavy atom. The molecule has 14 nitrogen and oxygen atoms in total. The van der Waals surface area contributed by atoms with Crippen LogP contribution in [0.4, 0.5) is 0 Å². The number of hydrogen-bond acceptors (Lipinski definition) is 13. The first-order valence-electron chi connectivity index (χ1n) is 24.9. The van der Waals surface area contributed by atoms with E-state index in [1.54, 1.807) is 6.08 Å². The minimum atomic E-state index is -1.78. The molecule has 0 aliphatic carbocycles. The monoisotopic (exact) mass is 890 g/mol. The van der Waals surface area contributed by atoms with E-state index in [0.717, 1.165) is 38.5 Å². The SMILES string of the molecule is CCCCCCCCCCCCC/C=C/[C@@H](O)[C@H](COC1O[C@H](CO)[C@@H](O[C@@H]2O[C@H](CO)[C@H](O)[C@H](O)[C@H]2O)[C@H](O)[C@H]1O)NC(=O)CCCCCCCCCCCCCCCCC. The first-order chi connectivity index (χ1) is 30.1. The van der Waals surface area contributed by atoms with E-state index < -0.39 is 86.8 Å². The van der Waals surface area contributed by atoms with E-state index in [0.29, 0.717) is 6.42 Å². The Morgan fingerprint density at radius 1 is 0.565 bits per heavy atom. The molecule has 2 rings (SSSR count). The lowest BCUT2D eigenvalue weighted by Crippen LogP contribution is -2.65. The molecule has 14 heteroatoms. The van der Waals surface area contributed by atoms with Crippen LogP contribution in [0.3, 0.4) is 0 Å². The topological polar surface area (TPSA) is 228 Å². The number of amides is 1. The van der Waals surface area contributed by atoms with Crippen molar-refractivity contribution in [2.45, 2.75) is 267 Å². The van der Waals surface area contributed by atoms with Gasteiger partial charge in [0.25, 0.3) is 0 Å². The van der Waals surface area contributed by atoms with E-state index in [2.05, 4.69) is 19.2 Å². The lowest BCUT2D eigenvalue weighted by molar-refractivity contribution is -0.359. The Kier molecular flexibility index (Phi) is 32.9. The van der Waals surface area contributed by atoms with Crippen molar-refractivity contribution in [1.29, 1.82) is 0 Å². The predicted octanol–water partition coefficient (Wildman–Crippen LogP) is 5.99. The average Bonchev–Trinajstić information content (AvgIpc) is 3.27. The molecule has 2 fully saturated rings. The van der Waals surface area contributed by atoms with Crippen molar-refractivity contribution >= 4 is 5.91 Å². The second-order valence-electron chi connectivity index (χ2n) is 18.0. The molecule has 2 aliphatic heterocycles. The van der Waals surface area contributed by atoms with Crippen molar-refractivity contribution in [3.05, 3.63) is 12.2 Å². The fourth-order valence-electron chi connectivity index (χ4n) is 8.35. The number of ether oxygens (including phenoxy) is 4. The van der Waals surface area contributed by atoms with Gasteiger partial charge in [0.1, 0.15) is 48.8 Å². The summed E-state index contributed by atoms with van der Waals surface area (Å²) in [6.45, 7) is 2.78. The Bertz CT molecular complexity index is 1100. The normalized spacial score (nSPS) is 27.8. The van der Waals surface area contributed by atoms with Crippen molar-refractivity contribution in [2.75, 3.05) is 19.8 Å². The van der Waals surface area contributed by atoms with E-state index in [4.69, 9.17) is 18.9 Å². The van der Waals surface area contributed by atoms with Crippen LogP contribution in [0.5, 0.6) is 0 Å². The van der Waals surface area contributed by atoms with Crippen LogP contribution in [0.2, 0.25) is 0 Å². The molecule has 0 saturated carbocycles. The quantitative estimate of drug-likeness (QED) is 0.0257. The highest BCUT2D eigenvalue weighted by atomic mass is 16.7.